The van der Waals surface area contributed by atoms with Crippen LogP contribution in [0.2, 0.25) is 10.0 Å². The molecule has 9 heteroatoms. The molecule has 4 nitrogen and oxygen atoms in total. The molecule has 0 aliphatic rings. The topological polar surface area (TPSA) is 57.8 Å². The van der Waals surface area contributed by atoms with E-state index < -0.39 is 17.3 Å². The molecule has 0 aliphatic carbocycles. The van der Waals surface area contributed by atoms with Gasteiger partial charge in [0, 0.05) is 15.7 Å². The normalized spacial score (nSPS) is 11.7. The van der Waals surface area contributed by atoms with Gasteiger partial charge in [0.25, 0.3) is 5.56 Å². The third-order valence-corrected chi connectivity index (χ3v) is 3.60. The first kappa shape index (κ1) is 16.6. The maximum Gasteiger partial charge on any atom is 0.416 e. The molecule has 0 saturated heterocycles. The van der Waals surface area contributed by atoms with E-state index in [1.54, 1.807) is 0 Å². The highest BCUT2D eigenvalue weighted by Crippen LogP contribution is 2.30. The summed E-state index contributed by atoms with van der Waals surface area (Å²) in [5.74, 6) is -0.0230. The van der Waals surface area contributed by atoms with Crippen molar-refractivity contribution in [1.29, 1.82) is 0 Å². The zero-order valence-electron chi connectivity index (χ0n) is 11.7. The van der Waals surface area contributed by atoms with Crippen LogP contribution in [0.3, 0.4) is 0 Å². The molecule has 0 bridgehead atoms. The minimum atomic E-state index is -4.52. The number of aromatic amines is 1. The van der Waals surface area contributed by atoms with E-state index in [2.05, 4.69) is 15.3 Å². The SMILES string of the molecule is O=c1[nH]c(Nc2cc(Cl)cc(Cl)c2)nc2cc(C(F)(F)F)ccc12. The van der Waals surface area contributed by atoms with Crippen LogP contribution in [0.15, 0.2) is 41.2 Å². The number of rotatable bonds is 2. The van der Waals surface area contributed by atoms with Crippen LogP contribution in [0.25, 0.3) is 10.9 Å². The van der Waals surface area contributed by atoms with E-state index in [9.17, 15) is 18.0 Å². The summed E-state index contributed by atoms with van der Waals surface area (Å²) in [6, 6.07) is 7.32. The summed E-state index contributed by atoms with van der Waals surface area (Å²) in [6.07, 6.45) is -4.52. The highest BCUT2D eigenvalue weighted by Gasteiger charge is 2.30. The first-order chi connectivity index (χ1) is 11.2. The molecule has 0 radical (unpaired) electrons. The second kappa shape index (κ2) is 5.99. The number of hydrogen-bond donors (Lipinski definition) is 2. The van der Waals surface area contributed by atoms with Crippen molar-refractivity contribution in [1.82, 2.24) is 9.97 Å². The molecule has 2 aromatic carbocycles. The lowest BCUT2D eigenvalue weighted by molar-refractivity contribution is -0.137. The number of nitrogens with zero attached hydrogens (tertiary/aromatic N) is 1. The van der Waals surface area contributed by atoms with E-state index >= 15 is 0 Å². The van der Waals surface area contributed by atoms with Crippen LogP contribution in [-0.4, -0.2) is 9.97 Å². The van der Waals surface area contributed by atoms with Crippen molar-refractivity contribution in [2.45, 2.75) is 6.18 Å². The van der Waals surface area contributed by atoms with Crippen LogP contribution < -0.4 is 10.9 Å². The van der Waals surface area contributed by atoms with Crippen LogP contribution in [0.4, 0.5) is 24.8 Å². The lowest BCUT2D eigenvalue weighted by Gasteiger charge is -2.09. The number of fused-ring (bicyclic) bond motifs is 1. The number of halogens is 5. The molecule has 0 amide bonds. The summed E-state index contributed by atoms with van der Waals surface area (Å²) in [4.78, 5) is 18.5. The number of alkyl halides is 3. The van der Waals surface area contributed by atoms with Gasteiger partial charge in [-0.1, -0.05) is 23.2 Å². The van der Waals surface area contributed by atoms with Crippen molar-refractivity contribution in [2.24, 2.45) is 0 Å². The van der Waals surface area contributed by atoms with Gasteiger partial charge in [0.05, 0.1) is 16.5 Å². The largest absolute Gasteiger partial charge is 0.416 e. The van der Waals surface area contributed by atoms with Crippen LogP contribution in [0.5, 0.6) is 0 Å². The highest BCUT2D eigenvalue weighted by molar-refractivity contribution is 6.35. The molecule has 0 saturated carbocycles. The molecule has 3 rings (SSSR count). The van der Waals surface area contributed by atoms with Crippen molar-refractivity contribution in [3.05, 3.63) is 62.4 Å². The van der Waals surface area contributed by atoms with Gasteiger partial charge in [0.1, 0.15) is 0 Å². The van der Waals surface area contributed by atoms with Gasteiger partial charge < -0.3 is 5.32 Å². The van der Waals surface area contributed by atoms with E-state index in [0.717, 1.165) is 18.2 Å². The number of anilines is 2. The fourth-order valence-corrected chi connectivity index (χ4v) is 2.66. The van der Waals surface area contributed by atoms with Gasteiger partial charge in [-0.2, -0.15) is 13.2 Å². The molecule has 0 spiro atoms. The Morgan fingerprint density at radius 3 is 2.33 bits per heavy atom. The summed E-state index contributed by atoms with van der Waals surface area (Å²) in [6.45, 7) is 0. The number of aromatic nitrogens is 2. The molecule has 2 N–H and O–H groups in total. The number of benzene rings is 2. The van der Waals surface area contributed by atoms with E-state index in [4.69, 9.17) is 23.2 Å². The third kappa shape index (κ3) is 3.47. The van der Waals surface area contributed by atoms with Gasteiger partial charge in [-0.3, -0.25) is 9.78 Å². The summed E-state index contributed by atoms with van der Waals surface area (Å²) < 4.78 is 38.4. The second-order valence-electron chi connectivity index (χ2n) is 4.93. The molecule has 3 aromatic rings. The molecule has 0 atom stereocenters. The second-order valence-corrected chi connectivity index (χ2v) is 5.80. The van der Waals surface area contributed by atoms with Gasteiger partial charge in [-0.05, 0) is 36.4 Å². The Morgan fingerprint density at radius 2 is 1.71 bits per heavy atom. The Labute approximate surface area is 143 Å². The number of hydrogen-bond acceptors (Lipinski definition) is 3. The Balaban J connectivity index is 2.07. The van der Waals surface area contributed by atoms with Crippen LogP contribution in [0.1, 0.15) is 5.56 Å². The smallest absolute Gasteiger partial charge is 0.326 e. The van der Waals surface area contributed by atoms with E-state index in [1.807, 2.05) is 0 Å². The monoisotopic (exact) mass is 373 g/mol. The average Bonchev–Trinajstić information content (AvgIpc) is 2.44. The summed E-state index contributed by atoms with van der Waals surface area (Å²) in [5.41, 5.74) is -1.10. The molecular weight excluding hydrogens is 366 g/mol. The maximum atomic E-state index is 12.8. The Morgan fingerprint density at radius 1 is 1.04 bits per heavy atom. The lowest BCUT2D eigenvalue weighted by atomic mass is 10.1. The van der Waals surface area contributed by atoms with Crippen LogP contribution in [0, 0.1) is 0 Å². The van der Waals surface area contributed by atoms with Gasteiger partial charge in [-0.25, -0.2) is 4.98 Å². The van der Waals surface area contributed by atoms with Crippen molar-refractivity contribution in [3.63, 3.8) is 0 Å². The minimum Gasteiger partial charge on any atom is -0.326 e. The fraction of sp³-hybridized carbons (Fsp3) is 0.0667. The average molecular weight is 374 g/mol. The zero-order chi connectivity index (χ0) is 17.5. The molecule has 0 aliphatic heterocycles. The molecule has 1 aromatic heterocycles. The first-order valence-electron chi connectivity index (χ1n) is 6.57. The van der Waals surface area contributed by atoms with Crippen molar-refractivity contribution in [3.8, 4) is 0 Å². The fourth-order valence-electron chi connectivity index (χ4n) is 2.14. The molecule has 0 fully saturated rings. The maximum absolute atomic E-state index is 12.8. The predicted octanol–water partition coefficient (Wildman–Crippen LogP) is 4.99. The van der Waals surface area contributed by atoms with Gasteiger partial charge in [0.15, 0.2) is 0 Å². The van der Waals surface area contributed by atoms with E-state index in [0.29, 0.717) is 15.7 Å². The third-order valence-electron chi connectivity index (χ3n) is 3.16. The zero-order valence-corrected chi connectivity index (χ0v) is 13.2. The van der Waals surface area contributed by atoms with E-state index in [-0.39, 0.29) is 16.9 Å². The van der Waals surface area contributed by atoms with E-state index in [1.165, 1.54) is 18.2 Å². The predicted molar refractivity (Wildman–Crippen MR) is 87.1 cm³/mol. The number of H-pyrrole nitrogens is 1. The lowest BCUT2D eigenvalue weighted by Crippen LogP contribution is -2.12. The summed E-state index contributed by atoms with van der Waals surface area (Å²) in [7, 11) is 0. The number of nitrogens with one attached hydrogen (secondary N) is 2. The Bertz CT molecular complexity index is 966. The minimum absolute atomic E-state index is 0.0230. The van der Waals surface area contributed by atoms with Gasteiger partial charge in [-0.15, -0.1) is 0 Å². The van der Waals surface area contributed by atoms with Crippen LogP contribution >= 0.6 is 23.2 Å². The summed E-state index contributed by atoms with van der Waals surface area (Å²) >= 11 is 11.7. The Hall–Kier alpha value is -2.25. The van der Waals surface area contributed by atoms with Crippen molar-refractivity contribution < 1.29 is 13.2 Å². The molecule has 24 heavy (non-hydrogen) atoms. The van der Waals surface area contributed by atoms with Gasteiger partial charge >= 0.3 is 6.18 Å². The van der Waals surface area contributed by atoms with Crippen LogP contribution in [-0.2, 0) is 6.18 Å². The van der Waals surface area contributed by atoms with Crippen molar-refractivity contribution in [2.75, 3.05) is 5.32 Å². The molecular formula is C15H8Cl2F3N3O. The van der Waals surface area contributed by atoms with Crippen molar-refractivity contribution >= 4 is 45.7 Å². The highest BCUT2D eigenvalue weighted by atomic mass is 35.5. The standard InChI is InChI=1S/C15H8Cl2F3N3O/c16-8-4-9(17)6-10(5-8)21-14-22-12-3-7(15(18,19)20)1-2-11(12)13(24)23-14/h1-6H,(H2,21,22,23,24). The Kier molecular flexibility index (Phi) is 4.15. The molecule has 0 unspecified atom stereocenters. The summed E-state index contributed by atoms with van der Waals surface area (Å²) in [5, 5.41) is 3.52. The molecule has 124 valence electrons. The van der Waals surface area contributed by atoms with Gasteiger partial charge in [0.2, 0.25) is 5.95 Å². The quantitative estimate of drug-likeness (QED) is 0.664. The first-order valence-corrected chi connectivity index (χ1v) is 7.32. The molecule has 1 heterocycles.